The van der Waals surface area contributed by atoms with E-state index < -0.39 is 0 Å². The summed E-state index contributed by atoms with van der Waals surface area (Å²) in [4.78, 5) is 23.5. The second-order valence-electron chi connectivity index (χ2n) is 6.62. The SMILES string of the molecule is CC(C)N(Cc1ccccc1)C(=O)c1ccnc(NCc2ccccc2)n1. The molecule has 0 radical (unpaired) electrons. The molecular weight excluding hydrogens is 336 g/mol. The van der Waals surface area contributed by atoms with E-state index in [0.29, 0.717) is 24.7 Å². The van der Waals surface area contributed by atoms with Gasteiger partial charge in [-0.25, -0.2) is 9.97 Å². The molecule has 0 atom stereocenters. The molecule has 0 unspecified atom stereocenters. The maximum Gasteiger partial charge on any atom is 0.273 e. The summed E-state index contributed by atoms with van der Waals surface area (Å²) in [7, 11) is 0. The van der Waals surface area contributed by atoms with E-state index in [1.54, 1.807) is 12.3 Å². The standard InChI is InChI=1S/C22H24N4O/c1-17(2)26(16-19-11-7-4-8-12-19)21(27)20-13-14-23-22(25-20)24-15-18-9-5-3-6-10-18/h3-14,17H,15-16H2,1-2H3,(H,23,24,25). The summed E-state index contributed by atoms with van der Waals surface area (Å²) in [6, 6.07) is 21.7. The third-order valence-corrected chi connectivity index (χ3v) is 4.25. The van der Waals surface area contributed by atoms with Crippen molar-refractivity contribution in [2.45, 2.75) is 33.0 Å². The van der Waals surface area contributed by atoms with E-state index in [1.807, 2.05) is 79.4 Å². The molecule has 0 aliphatic carbocycles. The largest absolute Gasteiger partial charge is 0.350 e. The Morgan fingerprint density at radius 2 is 1.59 bits per heavy atom. The summed E-state index contributed by atoms with van der Waals surface area (Å²) < 4.78 is 0. The van der Waals surface area contributed by atoms with Crippen LogP contribution in [-0.2, 0) is 13.1 Å². The number of carbonyl (C=O) groups is 1. The van der Waals surface area contributed by atoms with Gasteiger partial charge in [-0.3, -0.25) is 4.79 Å². The molecule has 0 saturated carbocycles. The van der Waals surface area contributed by atoms with E-state index in [2.05, 4.69) is 15.3 Å². The molecule has 1 heterocycles. The fraction of sp³-hybridized carbons (Fsp3) is 0.227. The number of rotatable bonds is 7. The molecule has 5 nitrogen and oxygen atoms in total. The molecule has 3 rings (SSSR count). The molecule has 2 aromatic carbocycles. The van der Waals surface area contributed by atoms with Crippen molar-refractivity contribution in [2.75, 3.05) is 5.32 Å². The topological polar surface area (TPSA) is 58.1 Å². The van der Waals surface area contributed by atoms with E-state index in [4.69, 9.17) is 0 Å². The van der Waals surface area contributed by atoms with Crippen LogP contribution in [0.15, 0.2) is 72.9 Å². The maximum absolute atomic E-state index is 13.0. The zero-order valence-corrected chi connectivity index (χ0v) is 15.7. The lowest BCUT2D eigenvalue weighted by Gasteiger charge is -2.26. The normalized spacial score (nSPS) is 10.6. The van der Waals surface area contributed by atoms with Crippen LogP contribution in [0.3, 0.4) is 0 Å². The lowest BCUT2D eigenvalue weighted by molar-refractivity contribution is 0.0684. The highest BCUT2D eigenvalue weighted by Gasteiger charge is 2.20. The van der Waals surface area contributed by atoms with Crippen LogP contribution in [-0.4, -0.2) is 26.8 Å². The number of amides is 1. The average molecular weight is 360 g/mol. The molecule has 0 bridgehead atoms. The van der Waals surface area contributed by atoms with Gasteiger partial charge in [0.1, 0.15) is 5.69 Å². The molecule has 138 valence electrons. The van der Waals surface area contributed by atoms with Crippen LogP contribution in [0.25, 0.3) is 0 Å². The van der Waals surface area contributed by atoms with Crippen molar-refractivity contribution in [1.82, 2.24) is 14.9 Å². The molecule has 0 aliphatic heterocycles. The molecular formula is C22H24N4O. The second kappa shape index (κ2) is 8.94. The van der Waals surface area contributed by atoms with Crippen molar-refractivity contribution in [3.05, 3.63) is 89.7 Å². The first-order valence-corrected chi connectivity index (χ1v) is 9.09. The van der Waals surface area contributed by atoms with Crippen LogP contribution in [0.1, 0.15) is 35.5 Å². The highest BCUT2D eigenvalue weighted by atomic mass is 16.2. The third-order valence-electron chi connectivity index (χ3n) is 4.25. The summed E-state index contributed by atoms with van der Waals surface area (Å²) in [5, 5.41) is 3.18. The van der Waals surface area contributed by atoms with Gasteiger partial charge in [-0.2, -0.15) is 0 Å². The van der Waals surface area contributed by atoms with Crippen molar-refractivity contribution in [3.63, 3.8) is 0 Å². The van der Waals surface area contributed by atoms with Crippen LogP contribution >= 0.6 is 0 Å². The Kier molecular flexibility index (Phi) is 6.15. The lowest BCUT2D eigenvalue weighted by Crippen LogP contribution is -2.37. The van der Waals surface area contributed by atoms with Crippen LogP contribution in [0.4, 0.5) is 5.95 Å². The third kappa shape index (κ3) is 5.14. The van der Waals surface area contributed by atoms with Crippen LogP contribution < -0.4 is 5.32 Å². The molecule has 0 spiro atoms. The van der Waals surface area contributed by atoms with Crippen LogP contribution in [0.5, 0.6) is 0 Å². The number of anilines is 1. The minimum atomic E-state index is -0.0981. The molecule has 0 saturated heterocycles. The predicted molar refractivity (Wildman–Crippen MR) is 107 cm³/mol. The Morgan fingerprint density at radius 1 is 0.963 bits per heavy atom. The summed E-state index contributed by atoms with van der Waals surface area (Å²) in [5.41, 5.74) is 2.62. The Morgan fingerprint density at radius 3 is 2.22 bits per heavy atom. The first-order chi connectivity index (χ1) is 13.1. The molecule has 27 heavy (non-hydrogen) atoms. The number of aromatic nitrogens is 2. The number of carbonyl (C=O) groups excluding carboxylic acids is 1. The summed E-state index contributed by atoms with van der Waals surface area (Å²) in [6.45, 7) is 5.18. The van der Waals surface area contributed by atoms with E-state index >= 15 is 0 Å². The molecule has 1 N–H and O–H groups in total. The van der Waals surface area contributed by atoms with Gasteiger partial charge in [0, 0.05) is 25.3 Å². The highest BCUT2D eigenvalue weighted by Crippen LogP contribution is 2.13. The molecule has 0 fully saturated rings. The van der Waals surface area contributed by atoms with Gasteiger partial charge in [-0.15, -0.1) is 0 Å². The van der Waals surface area contributed by atoms with E-state index in [9.17, 15) is 4.79 Å². The first-order valence-electron chi connectivity index (χ1n) is 9.09. The van der Waals surface area contributed by atoms with Gasteiger partial charge < -0.3 is 10.2 Å². The van der Waals surface area contributed by atoms with Crippen LogP contribution in [0, 0.1) is 0 Å². The van der Waals surface area contributed by atoms with Crippen molar-refractivity contribution < 1.29 is 4.79 Å². The van der Waals surface area contributed by atoms with Gasteiger partial charge in [-0.1, -0.05) is 60.7 Å². The first kappa shape index (κ1) is 18.6. The number of nitrogens with zero attached hydrogens (tertiary/aromatic N) is 3. The van der Waals surface area contributed by atoms with Crippen molar-refractivity contribution in [1.29, 1.82) is 0 Å². The Bertz CT molecular complexity index is 866. The Balaban J connectivity index is 1.72. The van der Waals surface area contributed by atoms with Gasteiger partial charge in [-0.05, 0) is 31.0 Å². The van der Waals surface area contributed by atoms with Gasteiger partial charge in [0.25, 0.3) is 5.91 Å². The lowest BCUT2D eigenvalue weighted by atomic mass is 10.1. The van der Waals surface area contributed by atoms with Gasteiger partial charge in [0.2, 0.25) is 5.95 Å². The molecule has 1 amide bonds. The maximum atomic E-state index is 13.0. The number of nitrogens with one attached hydrogen (secondary N) is 1. The van der Waals surface area contributed by atoms with E-state index in [-0.39, 0.29) is 11.9 Å². The molecule has 0 aliphatic rings. The molecule has 1 aromatic heterocycles. The van der Waals surface area contributed by atoms with Gasteiger partial charge in [0.15, 0.2) is 0 Å². The monoisotopic (exact) mass is 360 g/mol. The summed E-state index contributed by atoms with van der Waals surface area (Å²) >= 11 is 0. The molecule has 5 heteroatoms. The van der Waals surface area contributed by atoms with Gasteiger partial charge >= 0.3 is 0 Å². The van der Waals surface area contributed by atoms with Crippen molar-refractivity contribution in [2.24, 2.45) is 0 Å². The quantitative estimate of drug-likeness (QED) is 0.688. The van der Waals surface area contributed by atoms with E-state index in [1.165, 1.54) is 0 Å². The zero-order chi connectivity index (χ0) is 19.1. The second-order valence-corrected chi connectivity index (χ2v) is 6.62. The zero-order valence-electron chi connectivity index (χ0n) is 15.7. The number of hydrogen-bond donors (Lipinski definition) is 1. The fourth-order valence-electron chi connectivity index (χ4n) is 2.76. The summed E-state index contributed by atoms with van der Waals surface area (Å²) in [5.74, 6) is 0.354. The molecule has 3 aromatic rings. The number of benzene rings is 2. The summed E-state index contributed by atoms with van der Waals surface area (Å²) in [6.07, 6.45) is 1.62. The fourth-order valence-corrected chi connectivity index (χ4v) is 2.76. The van der Waals surface area contributed by atoms with Crippen molar-refractivity contribution >= 4 is 11.9 Å². The number of hydrogen-bond acceptors (Lipinski definition) is 4. The van der Waals surface area contributed by atoms with Crippen molar-refractivity contribution in [3.8, 4) is 0 Å². The predicted octanol–water partition coefficient (Wildman–Crippen LogP) is 4.14. The van der Waals surface area contributed by atoms with E-state index in [0.717, 1.165) is 11.1 Å². The highest BCUT2D eigenvalue weighted by molar-refractivity contribution is 5.92. The smallest absolute Gasteiger partial charge is 0.273 e. The van der Waals surface area contributed by atoms with Crippen LogP contribution in [0.2, 0.25) is 0 Å². The minimum absolute atomic E-state index is 0.0633. The average Bonchev–Trinajstić information content (AvgIpc) is 2.71. The van der Waals surface area contributed by atoms with Gasteiger partial charge in [0.05, 0.1) is 0 Å². The Labute approximate surface area is 160 Å². The minimum Gasteiger partial charge on any atom is -0.350 e. The Hall–Kier alpha value is -3.21.